The first-order valence-corrected chi connectivity index (χ1v) is 6.17. The highest BCUT2D eigenvalue weighted by molar-refractivity contribution is 5.87. The molecule has 0 radical (unpaired) electrons. The van der Waals surface area contributed by atoms with Gasteiger partial charge in [0.15, 0.2) is 0 Å². The van der Waals surface area contributed by atoms with Crippen LogP contribution in [0.5, 0.6) is 0 Å². The Morgan fingerprint density at radius 3 is 2.72 bits per heavy atom. The van der Waals surface area contributed by atoms with Crippen LogP contribution in [0.15, 0.2) is 18.2 Å². The summed E-state index contributed by atoms with van der Waals surface area (Å²) >= 11 is 0. The summed E-state index contributed by atoms with van der Waals surface area (Å²) < 4.78 is 13.7. The van der Waals surface area contributed by atoms with Crippen molar-refractivity contribution in [3.63, 3.8) is 0 Å². The van der Waals surface area contributed by atoms with E-state index >= 15 is 0 Å². The molecule has 2 atom stereocenters. The Bertz CT molecular complexity index is 461. The molecule has 0 heterocycles. The van der Waals surface area contributed by atoms with E-state index in [0.717, 1.165) is 24.4 Å². The number of nitrogens with zero attached hydrogens (tertiary/aromatic N) is 1. The lowest BCUT2D eigenvalue weighted by molar-refractivity contribution is 0.0696. The number of halogens is 1. The van der Waals surface area contributed by atoms with Gasteiger partial charge in [0, 0.05) is 18.7 Å². The molecular weight excluding hydrogens is 233 g/mol. The third kappa shape index (κ3) is 3.07. The van der Waals surface area contributed by atoms with Crippen LogP contribution in [-0.4, -0.2) is 29.6 Å². The minimum Gasteiger partial charge on any atom is -0.478 e. The van der Waals surface area contributed by atoms with Crippen LogP contribution in [0.2, 0.25) is 0 Å². The molecule has 0 aromatic heterocycles. The summed E-state index contributed by atoms with van der Waals surface area (Å²) in [6, 6.07) is 4.10. The first kappa shape index (κ1) is 13.0. The quantitative estimate of drug-likeness (QED) is 0.874. The van der Waals surface area contributed by atoms with Crippen molar-refractivity contribution in [3.8, 4) is 0 Å². The van der Waals surface area contributed by atoms with Crippen LogP contribution in [0, 0.1) is 17.7 Å². The Kier molecular flexibility index (Phi) is 3.66. The average molecular weight is 251 g/mol. The average Bonchev–Trinajstić information content (AvgIpc) is 2.96. The van der Waals surface area contributed by atoms with Gasteiger partial charge in [-0.2, -0.15) is 0 Å². The van der Waals surface area contributed by atoms with Crippen molar-refractivity contribution in [1.82, 2.24) is 4.90 Å². The second-order valence-corrected chi connectivity index (χ2v) is 5.28. The topological polar surface area (TPSA) is 40.5 Å². The Morgan fingerprint density at radius 2 is 2.22 bits per heavy atom. The van der Waals surface area contributed by atoms with Gasteiger partial charge in [-0.15, -0.1) is 0 Å². The van der Waals surface area contributed by atoms with Crippen molar-refractivity contribution in [1.29, 1.82) is 0 Å². The van der Waals surface area contributed by atoms with E-state index in [-0.39, 0.29) is 5.56 Å². The lowest BCUT2D eigenvalue weighted by Gasteiger charge is -2.17. The number of hydrogen-bond donors (Lipinski definition) is 1. The van der Waals surface area contributed by atoms with Crippen LogP contribution in [0.25, 0.3) is 0 Å². The fourth-order valence-electron chi connectivity index (χ4n) is 2.22. The van der Waals surface area contributed by atoms with Gasteiger partial charge in [-0.1, -0.05) is 13.0 Å². The van der Waals surface area contributed by atoms with Crippen LogP contribution < -0.4 is 0 Å². The molecule has 0 saturated heterocycles. The van der Waals surface area contributed by atoms with Gasteiger partial charge in [0.25, 0.3) is 0 Å². The monoisotopic (exact) mass is 251 g/mol. The number of hydrogen-bond acceptors (Lipinski definition) is 2. The number of carbonyl (C=O) groups is 1. The summed E-state index contributed by atoms with van der Waals surface area (Å²) in [6.07, 6.45) is 1.25. The molecule has 0 amide bonds. The molecular formula is C14H18FNO2. The Morgan fingerprint density at radius 1 is 1.56 bits per heavy atom. The molecule has 1 aliphatic rings. The fraction of sp³-hybridized carbons (Fsp3) is 0.500. The number of rotatable bonds is 5. The van der Waals surface area contributed by atoms with Gasteiger partial charge in [0.05, 0.1) is 5.56 Å². The first-order chi connectivity index (χ1) is 8.47. The zero-order valence-corrected chi connectivity index (χ0v) is 10.7. The summed E-state index contributed by atoms with van der Waals surface area (Å²) in [5, 5.41) is 8.76. The molecule has 1 aromatic carbocycles. The van der Waals surface area contributed by atoms with E-state index < -0.39 is 11.8 Å². The molecule has 18 heavy (non-hydrogen) atoms. The molecule has 0 spiro atoms. The highest BCUT2D eigenvalue weighted by Crippen LogP contribution is 2.38. The van der Waals surface area contributed by atoms with E-state index in [9.17, 15) is 9.18 Å². The summed E-state index contributed by atoms with van der Waals surface area (Å²) in [7, 11) is 1.97. The van der Waals surface area contributed by atoms with Crippen LogP contribution in [0.1, 0.15) is 29.3 Å². The molecule has 2 rings (SSSR count). The van der Waals surface area contributed by atoms with Gasteiger partial charge in [-0.05, 0) is 37.4 Å². The Labute approximate surface area is 106 Å². The fourth-order valence-corrected chi connectivity index (χ4v) is 2.22. The van der Waals surface area contributed by atoms with Crippen LogP contribution in [0.4, 0.5) is 4.39 Å². The predicted octanol–water partition coefficient (Wildman–Crippen LogP) is 2.61. The molecule has 1 aliphatic carbocycles. The first-order valence-electron chi connectivity index (χ1n) is 6.17. The smallest absolute Gasteiger partial charge is 0.335 e. The predicted molar refractivity (Wildman–Crippen MR) is 67.0 cm³/mol. The van der Waals surface area contributed by atoms with Crippen LogP contribution in [-0.2, 0) is 6.54 Å². The number of benzene rings is 1. The zero-order chi connectivity index (χ0) is 13.3. The van der Waals surface area contributed by atoms with E-state index in [1.165, 1.54) is 12.5 Å². The summed E-state index contributed by atoms with van der Waals surface area (Å²) in [5.74, 6) is -0.0192. The lowest BCUT2D eigenvalue weighted by atomic mass is 10.1. The van der Waals surface area contributed by atoms with Crippen molar-refractivity contribution in [2.45, 2.75) is 19.9 Å². The Balaban J connectivity index is 1.98. The minimum atomic E-state index is -1.10. The van der Waals surface area contributed by atoms with Gasteiger partial charge in [-0.3, -0.25) is 0 Å². The third-order valence-electron chi connectivity index (χ3n) is 3.56. The second-order valence-electron chi connectivity index (χ2n) is 5.28. The van der Waals surface area contributed by atoms with E-state index in [1.807, 2.05) is 7.05 Å². The molecule has 3 nitrogen and oxygen atoms in total. The van der Waals surface area contributed by atoms with Crippen LogP contribution >= 0.6 is 0 Å². The SMILES string of the molecule is CC1CC1CN(C)Cc1ccc(C(=O)O)cc1F. The largest absolute Gasteiger partial charge is 0.478 e. The molecule has 0 bridgehead atoms. The van der Waals surface area contributed by atoms with Gasteiger partial charge >= 0.3 is 5.97 Å². The van der Waals surface area contributed by atoms with Crippen molar-refractivity contribution in [2.24, 2.45) is 11.8 Å². The van der Waals surface area contributed by atoms with Crippen LogP contribution in [0.3, 0.4) is 0 Å². The molecule has 2 unspecified atom stereocenters. The molecule has 98 valence electrons. The van der Waals surface area contributed by atoms with E-state index in [4.69, 9.17) is 5.11 Å². The summed E-state index contributed by atoms with van der Waals surface area (Å²) in [5.41, 5.74) is 0.547. The highest BCUT2D eigenvalue weighted by atomic mass is 19.1. The third-order valence-corrected chi connectivity index (χ3v) is 3.56. The molecule has 0 aliphatic heterocycles. The maximum Gasteiger partial charge on any atom is 0.335 e. The number of carboxylic acid groups (broad SMARTS) is 1. The maximum absolute atomic E-state index is 13.7. The minimum absolute atomic E-state index is 0.00489. The molecule has 1 saturated carbocycles. The van der Waals surface area contributed by atoms with Crippen molar-refractivity contribution >= 4 is 5.97 Å². The van der Waals surface area contributed by atoms with Gasteiger partial charge in [0.1, 0.15) is 5.82 Å². The van der Waals surface area contributed by atoms with Crippen molar-refractivity contribution in [3.05, 3.63) is 35.1 Å². The molecule has 4 heteroatoms. The van der Waals surface area contributed by atoms with Crippen molar-refractivity contribution in [2.75, 3.05) is 13.6 Å². The lowest BCUT2D eigenvalue weighted by Crippen LogP contribution is -2.21. The molecule has 1 aromatic rings. The molecule has 1 N–H and O–H groups in total. The summed E-state index contributed by atoms with van der Waals surface area (Å²) in [6.45, 7) is 3.72. The van der Waals surface area contributed by atoms with Gasteiger partial charge in [0.2, 0.25) is 0 Å². The highest BCUT2D eigenvalue weighted by Gasteiger charge is 2.33. The van der Waals surface area contributed by atoms with Gasteiger partial charge in [-0.25, -0.2) is 9.18 Å². The second kappa shape index (κ2) is 5.06. The standard InChI is InChI=1S/C14H18FNO2/c1-9-5-12(9)8-16(2)7-11-4-3-10(14(17)18)6-13(11)15/h3-4,6,9,12H,5,7-8H2,1-2H3,(H,17,18). The van der Waals surface area contributed by atoms with Crippen molar-refractivity contribution < 1.29 is 14.3 Å². The normalized spacial score (nSPS) is 22.2. The zero-order valence-electron chi connectivity index (χ0n) is 10.7. The number of aromatic carboxylic acids is 1. The number of carboxylic acids is 1. The molecule has 1 fully saturated rings. The van der Waals surface area contributed by atoms with E-state index in [0.29, 0.717) is 12.1 Å². The Hall–Kier alpha value is -1.42. The van der Waals surface area contributed by atoms with Gasteiger partial charge < -0.3 is 10.0 Å². The van der Waals surface area contributed by atoms with E-state index in [2.05, 4.69) is 11.8 Å². The summed E-state index contributed by atoms with van der Waals surface area (Å²) in [4.78, 5) is 12.8. The maximum atomic E-state index is 13.7. The van der Waals surface area contributed by atoms with E-state index in [1.54, 1.807) is 6.07 Å².